The number of carbonyl (C=O) groups excluding carboxylic acids is 1. The predicted octanol–water partition coefficient (Wildman–Crippen LogP) is 3.09. The van der Waals surface area contributed by atoms with Crippen LogP contribution in [-0.4, -0.2) is 5.78 Å². The van der Waals surface area contributed by atoms with Crippen molar-refractivity contribution in [2.75, 3.05) is 0 Å². The summed E-state index contributed by atoms with van der Waals surface area (Å²) in [6.07, 6.45) is 0. The molecule has 0 spiro atoms. The topological polar surface area (TPSA) is 17.1 Å². The number of carbonyl (C=O) groups is 1. The number of halogens is 1. The van der Waals surface area contributed by atoms with Gasteiger partial charge in [0.2, 0.25) is 0 Å². The van der Waals surface area contributed by atoms with E-state index in [4.69, 9.17) is 0 Å². The maximum absolute atomic E-state index is 13.4. The van der Waals surface area contributed by atoms with Crippen molar-refractivity contribution in [2.24, 2.45) is 0 Å². The average Bonchev–Trinajstić information content (AvgIpc) is 2.03. The van der Waals surface area contributed by atoms with Gasteiger partial charge in [-0.15, -0.1) is 0 Å². The van der Waals surface area contributed by atoms with Gasteiger partial charge in [-0.1, -0.05) is 24.3 Å². The largest absolute Gasteiger partial charge is 0.295 e. The van der Waals surface area contributed by atoms with Gasteiger partial charge in [-0.05, 0) is 26.3 Å². The van der Waals surface area contributed by atoms with Crippen LogP contribution in [0.3, 0.4) is 0 Å². The van der Waals surface area contributed by atoms with Gasteiger partial charge in [0.25, 0.3) is 0 Å². The average molecular weight is 180 g/mol. The normalized spacial score (nSPS) is 11.4. The molecule has 0 radical (unpaired) electrons. The van der Waals surface area contributed by atoms with E-state index in [-0.39, 0.29) is 5.78 Å². The molecule has 70 valence electrons. The van der Waals surface area contributed by atoms with Gasteiger partial charge < -0.3 is 0 Å². The second-order valence-electron chi connectivity index (χ2n) is 3.61. The van der Waals surface area contributed by atoms with E-state index in [1.54, 1.807) is 24.3 Å². The molecular formula is C11H13FO. The number of benzene rings is 1. The molecule has 0 aromatic heterocycles. The number of hydrogen-bond donors (Lipinski definition) is 0. The molecule has 0 unspecified atom stereocenters. The van der Waals surface area contributed by atoms with Crippen LogP contribution in [0.2, 0.25) is 0 Å². The first-order valence-electron chi connectivity index (χ1n) is 4.21. The highest BCUT2D eigenvalue weighted by molar-refractivity contribution is 5.94. The Bertz CT molecular complexity index is 306. The Morgan fingerprint density at radius 2 is 1.69 bits per heavy atom. The highest BCUT2D eigenvalue weighted by atomic mass is 19.1. The molecule has 1 rings (SSSR count). The van der Waals surface area contributed by atoms with Crippen LogP contribution in [-0.2, 0) is 5.67 Å². The SMILES string of the molecule is CC(=O)c1ccc(C(C)(C)F)cc1. The molecule has 0 aliphatic heterocycles. The maximum atomic E-state index is 13.4. The lowest BCUT2D eigenvalue weighted by molar-refractivity contribution is 0.101. The second kappa shape index (κ2) is 3.29. The number of rotatable bonds is 2. The number of alkyl halides is 1. The summed E-state index contributed by atoms with van der Waals surface area (Å²) in [6, 6.07) is 6.60. The minimum atomic E-state index is -1.34. The molecule has 0 atom stereocenters. The molecule has 13 heavy (non-hydrogen) atoms. The van der Waals surface area contributed by atoms with Crippen LogP contribution in [0.15, 0.2) is 24.3 Å². The van der Waals surface area contributed by atoms with Crippen LogP contribution < -0.4 is 0 Å². The summed E-state index contributed by atoms with van der Waals surface area (Å²) in [4.78, 5) is 10.9. The smallest absolute Gasteiger partial charge is 0.159 e. The monoisotopic (exact) mass is 180 g/mol. The van der Waals surface area contributed by atoms with Crippen LogP contribution in [0.5, 0.6) is 0 Å². The van der Waals surface area contributed by atoms with E-state index >= 15 is 0 Å². The lowest BCUT2D eigenvalue weighted by Crippen LogP contribution is -2.08. The minimum absolute atomic E-state index is 0.00298. The molecular weight excluding hydrogens is 167 g/mol. The number of ketones is 1. The van der Waals surface area contributed by atoms with Crippen LogP contribution in [0, 0.1) is 0 Å². The van der Waals surface area contributed by atoms with E-state index in [1.807, 2.05) is 0 Å². The highest BCUT2D eigenvalue weighted by Gasteiger charge is 2.18. The van der Waals surface area contributed by atoms with Gasteiger partial charge in [-0.2, -0.15) is 0 Å². The van der Waals surface area contributed by atoms with E-state index in [0.29, 0.717) is 11.1 Å². The maximum Gasteiger partial charge on any atom is 0.159 e. The van der Waals surface area contributed by atoms with Gasteiger partial charge in [0, 0.05) is 5.56 Å². The van der Waals surface area contributed by atoms with Crippen LogP contribution in [0.25, 0.3) is 0 Å². The predicted molar refractivity (Wildman–Crippen MR) is 50.6 cm³/mol. The zero-order chi connectivity index (χ0) is 10.1. The van der Waals surface area contributed by atoms with E-state index < -0.39 is 5.67 Å². The summed E-state index contributed by atoms with van der Waals surface area (Å²) in [7, 11) is 0. The zero-order valence-electron chi connectivity index (χ0n) is 8.10. The van der Waals surface area contributed by atoms with E-state index in [1.165, 1.54) is 20.8 Å². The lowest BCUT2D eigenvalue weighted by Gasteiger charge is -2.14. The Morgan fingerprint density at radius 3 is 2.00 bits per heavy atom. The molecule has 0 aliphatic carbocycles. The van der Waals surface area contributed by atoms with E-state index in [2.05, 4.69) is 0 Å². The van der Waals surface area contributed by atoms with Crippen molar-refractivity contribution in [2.45, 2.75) is 26.4 Å². The van der Waals surface area contributed by atoms with Gasteiger partial charge in [0.1, 0.15) is 5.67 Å². The van der Waals surface area contributed by atoms with Crippen molar-refractivity contribution >= 4 is 5.78 Å². The summed E-state index contributed by atoms with van der Waals surface area (Å²) < 4.78 is 13.4. The summed E-state index contributed by atoms with van der Waals surface area (Å²) in [5, 5.41) is 0. The third-order valence-electron chi connectivity index (χ3n) is 1.98. The third kappa shape index (κ3) is 2.38. The van der Waals surface area contributed by atoms with Crippen molar-refractivity contribution < 1.29 is 9.18 Å². The van der Waals surface area contributed by atoms with E-state index in [9.17, 15) is 9.18 Å². The van der Waals surface area contributed by atoms with Gasteiger partial charge in [0.05, 0.1) is 0 Å². The molecule has 0 saturated carbocycles. The fourth-order valence-electron chi connectivity index (χ4n) is 1.10. The Kier molecular flexibility index (Phi) is 2.50. The van der Waals surface area contributed by atoms with Gasteiger partial charge >= 0.3 is 0 Å². The molecule has 1 aromatic carbocycles. The fourth-order valence-corrected chi connectivity index (χ4v) is 1.10. The molecule has 2 heteroatoms. The highest BCUT2D eigenvalue weighted by Crippen LogP contribution is 2.24. The van der Waals surface area contributed by atoms with Crippen molar-refractivity contribution in [3.05, 3.63) is 35.4 Å². The first kappa shape index (κ1) is 9.90. The minimum Gasteiger partial charge on any atom is -0.295 e. The third-order valence-corrected chi connectivity index (χ3v) is 1.98. The molecule has 0 heterocycles. The summed E-state index contributed by atoms with van der Waals surface area (Å²) >= 11 is 0. The molecule has 1 aromatic rings. The summed E-state index contributed by atoms with van der Waals surface area (Å²) in [5.74, 6) is 0.00298. The second-order valence-corrected chi connectivity index (χ2v) is 3.61. The van der Waals surface area contributed by atoms with Crippen LogP contribution >= 0.6 is 0 Å². The van der Waals surface area contributed by atoms with Crippen molar-refractivity contribution in [1.29, 1.82) is 0 Å². The Hall–Kier alpha value is -1.18. The molecule has 0 N–H and O–H groups in total. The van der Waals surface area contributed by atoms with E-state index in [0.717, 1.165) is 0 Å². The van der Waals surface area contributed by atoms with Crippen LogP contribution in [0.4, 0.5) is 4.39 Å². The first-order valence-corrected chi connectivity index (χ1v) is 4.21. The summed E-state index contributed by atoms with van der Waals surface area (Å²) in [6.45, 7) is 4.49. The summed E-state index contributed by atoms with van der Waals surface area (Å²) in [5.41, 5.74) is -0.125. The van der Waals surface area contributed by atoms with Crippen molar-refractivity contribution in [1.82, 2.24) is 0 Å². The van der Waals surface area contributed by atoms with Crippen molar-refractivity contribution in [3.8, 4) is 0 Å². The molecule has 1 nitrogen and oxygen atoms in total. The van der Waals surface area contributed by atoms with Gasteiger partial charge in [-0.25, -0.2) is 4.39 Å². The molecule has 0 aliphatic rings. The standard InChI is InChI=1S/C11H13FO/c1-8(13)9-4-6-10(7-5-9)11(2,3)12/h4-7H,1-3H3. The Balaban J connectivity index is 3.01. The molecule has 0 fully saturated rings. The molecule has 0 amide bonds. The van der Waals surface area contributed by atoms with Gasteiger partial charge in [0.15, 0.2) is 5.78 Å². The first-order chi connectivity index (χ1) is 5.91. The Morgan fingerprint density at radius 1 is 1.23 bits per heavy atom. The van der Waals surface area contributed by atoms with Crippen molar-refractivity contribution in [3.63, 3.8) is 0 Å². The quantitative estimate of drug-likeness (QED) is 0.639. The lowest BCUT2D eigenvalue weighted by atomic mass is 9.98. The number of Topliss-reactive ketones (excluding diaryl/α,β-unsaturated/α-hetero) is 1. The van der Waals surface area contributed by atoms with Crippen LogP contribution in [0.1, 0.15) is 36.7 Å². The zero-order valence-corrected chi connectivity index (χ0v) is 8.10. The molecule has 0 bridgehead atoms. The Labute approximate surface area is 77.6 Å². The fraction of sp³-hybridized carbons (Fsp3) is 0.364. The number of hydrogen-bond acceptors (Lipinski definition) is 1. The molecule has 0 saturated heterocycles. The van der Waals surface area contributed by atoms with Gasteiger partial charge in [-0.3, -0.25) is 4.79 Å².